The number of hydrogen-bond acceptors (Lipinski definition) is 8. The van der Waals surface area contributed by atoms with Crippen molar-refractivity contribution in [3.05, 3.63) is 0 Å². The number of hydrogen-bond donors (Lipinski definition) is 2. The molecular formula is C20H36N2Na2O6. The molecule has 10 heteroatoms. The van der Waals surface area contributed by atoms with E-state index in [0.717, 1.165) is 32.2 Å². The second kappa shape index (κ2) is 27.5. The Morgan fingerprint density at radius 2 is 1.47 bits per heavy atom. The van der Waals surface area contributed by atoms with E-state index >= 15 is 0 Å². The summed E-state index contributed by atoms with van der Waals surface area (Å²) in [7, 11) is 0. The Hall–Kier alpha value is 0.490. The van der Waals surface area contributed by atoms with E-state index in [-0.39, 0.29) is 91.1 Å². The van der Waals surface area contributed by atoms with Gasteiger partial charge in [0, 0.05) is 26.1 Å². The van der Waals surface area contributed by atoms with Gasteiger partial charge in [-0.3, -0.25) is 9.69 Å². The summed E-state index contributed by atoms with van der Waals surface area (Å²) >= 11 is 0. The third-order valence-corrected chi connectivity index (χ3v) is 4.42. The van der Waals surface area contributed by atoms with Crippen LogP contribution in [0.1, 0.15) is 64.2 Å². The molecule has 0 atom stereocenters. The van der Waals surface area contributed by atoms with Crippen LogP contribution in [-0.4, -0.2) is 74.2 Å². The topological polar surface area (TPSA) is 119 Å². The van der Waals surface area contributed by atoms with Gasteiger partial charge in [0.2, 0.25) is 0 Å². The summed E-state index contributed by atoms with van der Waals surface area (Å²) in [5.41, 5.74) is 0. The number of aliphatic hydroxyl groups excluding tert-OH is 1. The van der Waals surface area contributed by atoms with Crippen molar-refractivity contribution in [2.45, 2.75) is 64.2 Å². The van der Waals surface area contributed by atoms with Gasteiger partial charge in [-0.2, -0.15) is 0 Å². The SMILES string of the molecule is O=[C-]OCCNCCCCCCCCCCCC(=O)CN(CCO)CC(=O)[O-].[Na+].[Na+]. The van der Waals surface area contributed by atoms with E-state index in [1.54, 1.807) is 0 Å². The van der Waals surface area contributed by atoms with Gasteiger partial charge < -0.3 is 29.9 Å². The fourth-order valence-corrected chi connectivity index (χ4v) is 2.97. The summed E-state index contributed by atoms with van der Waals surface area (Å²) < 4.78 is 4.47. The number of carboxylic acids is 1. The van der Waals surface area contributed by atoms with Gasteiger partial charge in [0.15, 0.2) is 0 Å². The van der Waals surface area contributed by atoms with Crippen LogP contribution < -0.4 is 69.5 Å². The minimum absolute atomic E-state index is 0. The van der Waals surface area contributed by atoms with Crippen molar-refractivity contribution in [2.24, 2.45) is 0 Å². The van der Waals surface area contributed by atoms with Crippen LogP contribution >= 0.6 is 0 Å². The van der Waals surface area contributed by atoms with Crippen LogP contribution in [-0.2, 0) is 19.1 Å². The largest absolute Gasteiger partial charge is 1.00 e. The smallest absolute Gasteiger partial charge is 0.652 e. The van der Waals surface area contributed by atoms with Gasteiger partial charge in [-0.1, -0.05) is 51.4 Å². The van der Waals surface area contributed by atoms with E-state index in [1.807, 2.05) is 0 Å². The number of carboxylic acid groups (broad SMARTS) is 1. The van der Waals surface area contributed by atoms with Crippen molar-refractivity contribution >= 4 is 18.2 Å². The predicted molar refractivity (Wildman–Crippen MR) is 104 cm³/mol. The molecule has 0 aliphatic carbocycles. The van der Waals surface area contributed by atoms with Crippen LogP contribution in [0, 0.1) is 0 Å². The molecule has 0 aliphatic rings. The molecule has 0 spiro atoms. The van der Waals surface area contributed by atoms with E-state index in [4.69, 9.17) is 5.11 Å². The summed E-state index contributed by atoms with van der Waals surface area (Å²) in [6.45, 7) is 3.11. The number of aliphatic carboxylic acids is 1. The fraction of sp³-hybridized carbons (Fsp3) is 0.850. The molecule has 2 N–H and O–H groups in total. The number of Topliss-reactive ketones (excluding diaryl/α,β-unsaturated/α-hetero) is 1. The van der Waals surface area contributed by atoms with Crippen LogP contribution in [0.4, 0.5) is 0 Å². The molecular weight excluding hydrogens is 410 g/mol. The molecule has 0 radical (unpaired) electrons. The molecule has 0 heterocycles. The Kier molecular flexibility index (Phi) is 32.2. The fourth-order valence-electron chi connectivity index (χ4n) is 2.97. The minimum atomic E-state index is -1.24. The molecule has 0 saturated carbocycles. The minimum Gasteiger partial charge on any atom is -0.652 e. The number of nitrogens with one attached hydrogen (secondary N) is 1. The van der Waals surface area contributed by atoms with Gasteiger partial charge in [0.05, 0.1) is 25.7 Å². The molecule has 0 fully saturated rings. The van der Waals surface area contributed by atoms with E-state index in [9.17, 15) is 19.5 Å². The molecule has 0 rings (SSSR count). The van der Waals surface area contributed by atoms with E-state index in [0.29, 0.717) is 19.6 Å². The molecule has 30 heavy (non-hydrogen) atoms. The maximum atomic E-state index is 11.9. The average molecular weight is 446 g/mol. The van der Waals surface area contributed by atoms with Crippen molar-refractivity contribution in [1.82, 2.24) is 10.2 Å². The molecule has 0 unspecified atom stereocenters. The summed E-state index contributed by atoms with van der Waals surface area (Å²) in [5.74, 6) is -1.22. The summed E-state index contributed by atoms with van der Waals surface area (Å²) in [5, 5.41) is 22.7. The second-order valence-electron chi connectivity index (χ2n) is 6.96. The first-order chi connectivity index (χ1) is 13.6. The zero-order chi connectivity index (χ0) is 20.9. The third-order valence-electron chi connectivity index (χ3n) is 4.42. The van der Waals surface area contributed by atoms with E-state index in [1.165, 1.54) is 43.5 Å². The zero-order valence-corrected chi connectivity index (χ0v) is 23.0. The number of unbranched alkanes of at least 4 members (excludes halogenated alkanes) is 8. The quantitative estimate of drug-likeness (QED) is 0.0959. The number of aliphatic hydroxyl groups is 1. The Morgan fingerprint density at radius 3 is 2.00 bits per heavy atom. The van der Waals surface area contributed by atoms with Crippen molar-refractivity contribution < 1.29 is 88.4 Å². The Labute approximate surface area is 225 Å². The molecule has 0 amide bonds. The summed E-state index contributed by atoms with van der Waals surface area (Å²) in [4.78, 5) is 33.7. The Bertz CT molecular complexity index is 417. The Morgan fingerprint density at radius 1 is 0.900 bits per heavy atom. The number of rotatable bonds is 22. The third kappa shape index (κ3) is 26.5. The number of carbonyl (C=O) groups is 2. The van der Waals surface area contributed by atoms with Crippen LogP contribution in [0.25, 0.3) is 0 Å². The number of carbonyl (C=O) groups excluding carboxylic acids is 3. The molecule has 0 aromatic carbocycles. The Balaban J connectivity index is -0.00000364. The molecule has 0 bridgehead atoms. The van der Waals surface area contributed by atoms with Gasteiger partial charge in [-0.25, -0.2) is 0 Å². The molecule has 8 nitrogen and oxygen atoms in total. The zero-order valence-electron chi connectivity index (χ0n) is 19.0. The summed E-state index contributed by atoms with van der Waals surface area (Å²) in [6, 6.07) is 0. The number of ketones is 1. The van der Waals surface area contributed by atoms with Crippen LogP contribution in [0.3, 0.4) is 0 Å². The first-order valence-electron chi connectivity index (χ1n) is 10.3. The molecule has 164 valence electrons. The molecule has 0 aromatic rings. The van der Waals surface area contributed by atoms with Gasteiger partial charge in [0.1, 0.15) is 5.78 Å². The van der Waals surface area contributed by atoms with Crippen LogP contribution in [0.15, 0.2) is 0 Å². The predicted octanol–water partition coefficient (Wildman–Crippen LogP) is -5.82. The second-order valence-corrected chi connectivity index (χ2v) is 6.96. The summed E-state index contributed by atoms with van der Waals surface area (Å²) in [6.07, 6.45) is 10.5. The standard InChI is InChI=1S/C20H37N2O6.2Na/c23-14-13-22(17-20(26)27)16-19(25)10-8-6-4-2-1-3-5-7-9-11-21-12-15-28-18-24;;/h21,23H,1-17H2,(H,26,27);;/q-1;2*+1/p-1. The van der Waals surface area contributed by atoms with Crippen molar-refractivity contribution in [3.63, 3.8) is 0 Å². The van der Waals surface area contributed by atoms with Crippen molar-refractivity contribution in [1.29, 1.82) is 0 Å². The monoisotopic (exact) mass is 446 g/mol. The van der Waals surface area contributed by atoms with Gasteiger partial charge in [-0.05, 0) is 19.4 Å². The van der Waals surface area contributed by atoms with Crippen LogP contribution in [0.5, 0.6) is 0 Å². The normalized spacial score (nSPS) is 10.2. The first kappa shape index (κ1) is 35.1. The average Bonchev–Trinajstić information content (AvgIpc) is 2.64. The van der Waals surface area contributed by atoms with E-state index in [2.05, 4.69) is 10.1 Å². The van der Waals surface area contributed by atoms with Gasteiger partial charge in [-0.15, -0.1) is 0 Å². The van der Waals surface area contributed by atoms with Crippen molar-refractivity contribution in [2.75, 3.05) is 45.9 Å². The number of nitrogens with zero attached hydrogens (tertiary/aromatic N) is 1. The van der Waals surface area contributed by atoms with Gasteiger partial charge >= 0.3 is 59.1 Å². The van der Waals surface area contributed by atoms with Crippen molar-refractivity contribution in [3.8, 4) is 0 Å². The van der Waals surface area contributed by atoms with Crippen LogP contribution in [0.2, 0.25) is 0 Å². The molecule has 0 saturated heterocycles. The maximum Gasteiger partial charge on any atom is 1.00 e. The number of ether oxygens (including phenoxy) is 1. The first-order valence-corrected chi connectivity index (χ1v) is 10.3. The molecule has 0 aromatic heterocycles. The molecule has 0 aliphatic heterocycles. The maximum absolute atomic E-state index is 11.9. The van der Waals surface area contributed by atoms with Gasteiger partial charge in [0.25, 0.3) is 0 Å². The van der Waals surface area contributed by atoms with E-state index < -0.39 is 5.97 Å².